The molecule has 1 fully saturated rings. The number of amides is 1. The molecule has 1 aliphatic heterocycles. The standard InChI is InChI=1S/C23H22F3N5O/c1-2-18-20(15-4-6-19(27)28-12-15)21(30-13-29-18)14-3-5-16(17(24)11-14)22(32)31-9-7-23(25,26)8-10-31/h3-6,11-13H,2,7-10H2,1H3,(H2,27,28). The molecule has 0 spiro atoms. The average molecular weight is 441 g/mol. The molecule has 9 heteroatoms. The summed E-state index contributed by atoms with van der Waals surface area (Å²) in [6.07, 6.45) is 2.80. The molecule has 0 aliphatic carbocycles. The molecule has 2 N–H and O–H groups in total. The van der Waals surface area contributed by atoms with E-state index < -0.39 is 30.5 Å². The number of nitrogen functional groups attached to an aromatic ring is 1. The number of nitrogens with zero attached hydrogens (tertiary/aromatic N) is 4. The summed E-state index contributed by atoms with van der Waals surface area (Å²) in [6.45, 7) is 1.74. The summed E-state index contributed by atoms with van der Waals surface area (Å²) >= 11 is 0. The van der Waals surface area contributed by atoms with Gasteiger partial charge >= 0.3 is 0 Å². The molecule has 1 aromatic carbocycles. The van der Waals surface area contributed by atoms with Gasteiger partial charge in [-0.05, 0) is 30.7 Å². The van der Waals surface area contributed by atoms with Crippen LogP contribution in [0.25, 0.3) is 22.4 Å². The predicted octanol–water partition coefficient (Wildman–Crippen LogP) is 4.36. The number of aryl methyl sites for hydroxylation is 1. The van der Waals surface area contributed by atoms with E-state index in [1.54, 1.807) is 24.4 Å². The molecule has 6 nitrogen and oxygen atoms in total. The quantitative estimate of drug-likeness (QED) is 0.650. The second-order valence-electron chi connectivity index (χ2n) is 7.71. The monoisotopic (exact) mass is 441 g/mol. The number of hydrogen-bond acceptors (Lipinski definition) is 5. The Labute approximate surface area is 183 Å². The molecule has 0 bridgehead atoms. The van der Waals surface area contributed by atoms with E-state index in [0.717, 1.165) is 11.3 Å². The first kappa shape index (κ1) is 21.7. The number of anilines is 1. The molecular formula is C23H22F3N5O. The molecule has 3 aromatic rings. The minimum atomic E-state index is -2.78. The van der Waals surface area contributed by atoms with Gasteiger partial charge in [-0.15, -0.1) is 0 Å². The van der Waals surface area contributed by atoms with Crippen LogP contribution in [0.2, 0.25) is 0 Å². The highest BCUT2D eigenvalue weighted by atomic mass is 19.3. The average Bonchev–Trinajstić information content (AvgIpc) is 2.78. The number of aromatic nitrogens is 3. The predicted molar refractivity (Wildman–Crippen MR) is 115 cm³/mol. The zero-order valence-corrected chi connectivity index (χ0v) is 17.5. The van der Waals surface area contributed by atoms with Gasteiger partial charge in [0.1, 0.15) is 18.0 Å². The van der Waals surface area contributed by atoms with Crippen molar-refractivity contribution in [1.29, 1.82) is 0 Å². The number of rotatable bonds is 4. The van der Waals surface area contributed by atoms with Gasteiger partial charge in [0.2, 0.25) is 0 Å². The van der Waals surface area contributed by atoms with Crippen molar-refractivity contribution >= 4 is 11.7 Å². The van der Waals surface area contributed by atoms with E-state index in [4.69, 9.17) is 5.73 Å². The molecule has 1 aliphatic rings. The topological polar surface area (TPSA) is 85.0 Å². The number of halogens is 3. The normalized spacial score (nSPS) is 15.6. The highest BCUT2D eigenvalue weighted by molar-refractivity contribution is 5.95. The summed E-state index contributed by atoms with van der Waals surface area (Å²) in [5, 5.41) is 0. The molecule has 4 rings (SSSR count). The van der Waals surface area contributed by atoms with Gasteiger partial charge < -0.3 is 10.6 Å². The molecule has 1 saturated heterocycles. The van der Waals surface area contributed by atoms with Gasteiger partial charge in [-0.2, -0.15) is 0 Å². The third-order valence-corrected chi connectivity index (χ3v) is 5.59. The molecule has 0 unspecified atom stereocenters. The number of pyridine rings is 1. The molecule has 3 heterocycles. The number of carbonyl (C=O) groups is 1. The Morgan fingerprint density at radius 1 is 1.09 bits per heavy atom. The van der Waals surface area contributed by atoms with Crippen molar-refractivity contribution in [3.8, 4) is 22.4 Å². The maximum absolute atomic E-state index is 15.0. The van der Waals surface area contributed by atoms with Crippen molar-refractivity contribution in [3.63, 3.8) is 0 Å². The number of hydrogen-bond donors (Lipinski definition) is 1. The lowest BCUT2D eigenvalue weighted by Gasteiger charge is -2.31. The van der Waals surface area contributed by atoms with Gasteiger partial charge in [0.15, 0.2) is 0 Å². The third-order valence-electron chi connectivity index (χ3n) is 5.59. The number of alkyl halides is 2. The van der Waals surface area contributed by atoms with Crippen LogP contribution in [0, 0.1) is 5.82 Å². The Kier molecular flexibility index (Phi) is 5.82. The van der Waals surface area contributed by atoms with Gasteiger partial charge in [-0.1, -0.05) is 13.0 Å². The van der Waals surface area contributed by atoms with Gasteiger partial charge in [0, 0.05) is 48.8 Å². The fourth-order valence-electron chi connectivity index (χ4n) is 3.81. The Morgan fingerprint density at radius 2 is 1.81 bits per heavy atom. The van der Waals surface area contributed by atoms with E-state index in [1.165, 1.54) is 23.4 Å². The van der Waals surface area contributed by atoms with E-state index in [9.17, 15) is 18.0 Å². The summed E-state index contributed by atoms with van der Waals surface area (Å²) in [7, 11) is 0. The van der Waals surface area contributed by atoms with Crippen molar-refractivity contribution in [1.82, 2.24) is 19.9 Å². The number of benzene rings is 1. The Bertz CT molecular complexity index is 1140. The van der Waals surface area contributed by atoms with E-state index in [2.05, 4.69) is 15.0 Å². The second-order valence-corrected chi connectivity index (χ2v) is 7.71. The number of nitrogens with two attached hydrogens (primary N) is 1. The van der Waals surface area contributed by atoms with E-state index in [1.807, 2.05) is 6.92 Å². The van der Waals surface area contributed by atoms with Crippen LogP contribution in [0.5, 0.6) is 0 Å². The zero-order chi connectivity index (χ0) is 22.9. The molecule has 0 atom stereocenters. The third kappa shape index (κ3) is 4.28. The number of piperidine rings is 1. The highest BCUT2D eigenvalue weighted by Crippen LogP contribution is 2.34. The van der Waals surface area contributed by atoms with Crippen molar-refractivity contribution in [3.05, 3.63) is 59.9 Å². The summed E-state index contributed by atoms with van der Waals surface area (Å²) in [4.78, 5) is 26.8. The van der Waals surface area contributed by atoms with Crippen LogP contribution in [0.4, 0.5) is 19.0 Å². The lowest BCUT2D eigenvalue weighted by atomic mass is 9.96. The van der Waals surface area contributed by atoms with Crippen LogP contribution < -0.4 is 5.73 Å². The van der Waals surface area contributed by atoms with Crippen molar-refractivity contribution < 1.29 is 18.0 Å². The summed E-state index contributed by atoms with van der Waals surface area (Å²) in [6, 6.07) is 7.67. The van der Waals surface area contributed by atoms with Gasteiger partial charge in [-0.25, -0.2) is 28.1 Å². The Balaban J connectivity index is 1.69. The molecule has 2 aromatic heterocycles. The van der Waals surface area contributed by atoms with Crippen LogP contribution >= 0.6 is 0 Å². The maximum atomic E-state index is 15.0. The lowest BCUT2D eigenvalue weighted by Crippen LogP contribution is -2.43. The highest BCUT2D eigenvalue weighted by Gasteiger charge is 2.36. The smallest absolute Gasteiger partial charge is 0.256 e. The summed E-state index contributed by atoms with van der Waals surface area (Å²) in [5.74, 6) is -3.74. The van der Waals surface area contributed by atoms with Crippen LogP contribution in [0.3, 0.4) is 0 Å². The minimum absolute atomic E-state index is 0.104. The second kappa shape index (κ2) is 8.57. The van der Waals surface area contributed by atoms with Gasteiger partial charge in [0.25, 0.3) is 11.8 Å². The molecule has 0 radical (unpaired) electrons. The molecule has 166 valence electrons. The Morgan fingerprint density at radius 3 is 2.44 bits per heavy atom. The fourth-order valence-corrected chi connectivity index (χ4v) is 3.81. The van der Waals surface area contributed by atoms with Crippen molar-refractivity contribution in [2.24, 2.45) is 0 Å². The maximum Gasteiger partial charge on any atom is 0.256 e. The van der Waals surface area contributed by atoms with Crippen LogP contribution in [-0.2, 0) is 6.42 Å². The molecule has 1 amide bonds. The van der Waals surface area contributed by atoms with Gasteiger partial charge in [-0.3, -0.25) is 4.79 Å². The number of carbonyl (C=O) groups excluding carboxylic acids is 1. The van der Waals surface area contributed by atoms with Crippen LogP contribution in [0.1, 0.15) is 35.8 Å². The largest absolute Gasteiger partial charge is 0.384 e. The van der Waals surface area contributed by atoms with E-state index >= 15 is 0 Å². The zero-order valence-electron chi connectivity index (χ0n) is 17.5. The van der Waals surface area contributed by atoms with Crippen LogP contribution in [0.15, 0.2) is 42.9 Å². The number of likely N-dealkylation sites (tertiary alicyclic amines) is 1. The molecular weight excluding hydrogens is 419 g/mol. The lowest BCUT2D eigenvalue weighted by molar-refractivity contribution is -0.0494. The van der Waals surface area contributed by atoms with E-state index in [0.29, 0.717) is 29.1 Å². The van der Waals surface area contributed by atoms with Crippen LogP contribution in [-0.4, -0.2) is 44.8 Å². The first-order valence-electron chi connectivity index (χ1n) is 10.3. The van der Waals surface area contributed by atoms with E-state index in [-0.39, 0.29) is 18.7 Å². The SMILES string of the molecule is CCc1ncnc(-c2ccc(C(=O)N3CCC(F)(F)CC3)c(F)c2)c1-c1ccc(N)nc1. The van der Waals surface area contributed by atoms with Crippen molar-refractivity contribution in [2.75, 3.05) is 18.8 Å². The first-order valence-corrected chi connectivity index (χ1v) is 10.3. The minimum Gasteiger partial charge on any atom is -0.384 e. The fraction of sp³-hybridized carbons (Fsp3) is 0.304. The van der Waals surface area contributed by atoms with Gasteiger partial charge in [0.05, 0.1) is 17.0 Å². The summed E-state index contributed by atoms with van der Waals surface area (Å²) < 4.78 is 41.8. The summed E-state index contributed by atoms with van der Waals surface area (Å²) in [5.41, 5.74) is 8.71. The Hall–Kier alpha value is -3.49. The first-order chi connectivity index (χ1) is 15.3. The molecule has 0 saturated carbocycles. The molecule has 32 heavy (non-hydrogen) atoms. The van der Waals surface area contributed by atoms with Crippen molar-refractivity contribution in [2.45, 2.75) is 32.1 Å².